The predicted octanol–water partition coefficient (Wildman–Crippen LogP) is 3.91. The Morgan fingerprint density at radius 1 is 1.05 bits per heavy atom. The van der Waals surface area contributed by atoms with Crippen molar-refractivity contribution >= 4 is 21.4 Å². The Balaban J connectivity index is 2.30. The van der Waals surface area contributed by atoms with Crippen molar-refractivity contribution in [2.75, 3.05) is 0 Å². The monoisotopic (exact) mass is 319 g/mol. The zero-order chi connectivity index (χ0) is 15.3. The van der Waals surface area contributed by atoms with Gasteiger partial charge in [-0.3, -0.25) is 0 Å². The molecule has 108 valence electrons. The first-order valence-electron chi connectivity index (χ1n) is 6.41. The summed E-state index contributed by atoms with van der Waals surface area (Å²) < 4.78 is 25.2. The molecule has 0 amide bonds. The highest BCUT2D eigenvalue weighted by Crippen LogP contribution is 2.28. The molecule has 0 aliphatic heterocycles. The first-order valence-corrected chi connectivity index (χ1v) is 8.50. The molecule has 0 radical (unpaired) electrons. The molecule has 0 saturated carbocycles. The van der Waals surface area contributed by atoms with Gasteiger partial charge in [0, 0.05) is 5.02 Å². The van der Waals surface area contributed by atoms with Crippen LogP contribution in [0, 0.1) is 11.3 Å². The van der Waals surface area contributed by atoms with Crippen LogP contribution in [-0.2, 0) is 15.6 Å². The summed E-state index contributed by atoms with van der Waals surface area (Å²) in [4.78, 5) is 0. The van der Waals surface area contributed by atoms with Crippen molar-refractivity contribution in [1.82, 2.24) is 0 Å². The lowest BCUT2D eigenvalue weighted by atomic mass is 10.1. The van der Waals surface area contributed by atoms with E-state index in [1.165, 1.54) is 0 Å². The van der Waals surface area contributed by atoms with Crippen molar-refractivity contribution in [1.29, 1.82) is 5.26 Å². The molecule has 0 fully saturated rings. The smallest absolute Gasteiger partial charge is 0.162 e. The third kappa shape index (κ3) is 4.07. The molecule has 0 saturated heterocycles. The normalized spacial score (nSPS) is 12.6. The van der Waals surface area contributed by atoms with Crippen LogP contribution >= 0.6 is 11.6 Å². The Labute approximate surface area is 129 Å². The zero-order valence-electron chi connectivity index (χ0n) is 11.2. The lowest BCUT2D eigenvalue weighted by molar-refractivity contribution is 0.581. The maximum atomic E-state index is 12.6. The third-order valence-electron chi connectivity index (χ3n) is 3.16. The average molecular weight is 320 g/mol. The highest BCUT2D eigenvalue weighted by Gasteiger charge is 2.27. The Kier molecular flexibility index (Phi) is 5.00. The Morgan fingerprint density at radius 3 is 2.24 bits per heavy atom. The van der Waals surface area contributed by atoms with E-state index in [2.05, 4.69) is 0 Å². The van der Waals surface area contributed by atoms with E-state index < -0.39 is 15.1 Å². The SMILES string of the molecule is N#CCC(c1ccccc1)S(=O)(=O)Cc1ccc(Cl)cc1. The van der Waals surface area contributed by atoms with E-state index in [4.69, 9.17) is 16.9 Å². The fraction of sp³-hybridized carbons (Fsp3) is 0.188. The number of halogens is 1. The van der Waals surface area contributed by atoms with Crippen LogP contribution in [0.25, 0.3) is 0 Å². The summed E-state index contributed by atoms with van der Waals surface area (Å²) in [5, 5.41) is 8.69. The second kappa shape index (κ2) is 6.75. The number of nitriles is 1. The van der Waals surface area contributed by atoms with Crippen molar-refractivity contribution in [3.8, 4) is 6.07 Å². The summed E-state index contributed by atoms with van der Waals surface area (Å²) in [6.45, 7) is 0. The molecule has 21 heavy (non-hydrogen) atoms. The molecule has 0 spiro atoms. The summed E-state index contributed by atoms with van der Waals surface area (Å²) in [6, 6.07) is 17.5. The van der Waals surface area contributed by atoms with Gasteiger partial charge in [0.2, 0.25) is 0 Å². The van der Waals surface area contributed by atoms with Gasteiger partial charge in [-0.2, -0.15) is 5.26 Å². The molecular weight excluding hydrogens is 306 g/mol. The second-order valence-corrected chi connectivity index (χ2v) is 7.32. The van der Waals surface area contributed by atoms with E-state index in [-0.39, 0.29) is 12.2 Å². The van der Waals surface area contributed by atoms with Gasteiger partial charge < -0.3 is 0 Å². The van der Waals surface area contributed by atoms with Crippen molar-refractivity contribution in [3.05, 3.63) is 70.7 Å². The van der Waals surface area contributed by atoms with Crippen molar-refractivity contribution < 1.29 is 8.42 Å². The molecule has 0 bridgehead atoms. The van der Waals surface area contributed by atoms with Crippen LogP contribution in [0.15, 0.2) is 54.6 Å². The van der Waals surface area contributed by atoms with Gasteiger partial charge in [-0.15, -0.1) is 0 Å². The van der Waals surface area contributed by atoms with Crippen LogP contribution in [-0.4, -0.2) is 8.42 Å². The van der Waals surface area contributed by atoms with E-state index >= 15 is 0 Å². The van der Waals surface area contributed by atoms with Gasteiger partial charge in [0.25, 0.3) is 0 Å². The molecule has 5 heteroatoms. The van der Waals surface area contributed by atoms with Crippen molar-refractivity contribution in [2.24, 2.45) is 0 Å². The second-order valence-electron chi connectivity index (χ2n) is 4.70. The topological polar surface area (TPSA) is 57.9 Å². The van der Waals surface area contributed by atoms with Crippen LogP contribution in [0.1, 0.15) is 22.8 Å². The molecule has 3 nitrogen and oxygen atoms in total. The molecule has 2 rings (SSSR count). The van der Waals surface area contributed by atoms with Crippen molar-refractivity contribution in [3.63, 3.8) is 0 Å². The van der Waals surface area contributed by atoms with Gasteiger partial charge in [-0.1, -0.05) is 54.1 Å². The van der Waals surface area contributed by atoms with Gasteiger partial charge in [0.15, 0.2) is 9.84 Å². The Bertz CT molecular complexity index is 734. The number of sulfone groups is 1. The van der Waals surface area contributed by atoms with Crippen LogP contribution in [0.4, 0.5) is 0 Å². The van der Waals surface area contributed by atoms with E-state index in [1.807, 2.05) is 12.1 Å². The fourth-order valence-corrected chi connectivity index (χ4v) is 4.00. The first kappa shape index (κ1) is 15.6. The van der Waals surface area contributed by atoms with E-state index in [9.17, 15) is 8.42 Å². The van der Waals surface area contributed by atoms with E-state index in [1.54, 1.807) is 48.5 Å². The quantitative estimate of drug-likeness (QED) is 0.839. The predicted molar refractivity (Wildman–Crippen MR) is 83.5 cm³/mol. The number of hydrogen-bond donors (Lipinski definition) is 0. The number of rotatable bonds is 5. The number of benzene rings is 2. The maximum absolute atomic E-state index is 12.6. The average Bonchev–Trinajstić information content (AvgIpc) is 2.48. The molecule has 0 N–H and O–H groups in total. The summed E-state index contributed by atoms with van der Waals surface area (Å²) in [5.74, 6) is -0.106. The summed E-state index contributed by atoms with van der Waals surface area (Å²) >= 11 is 5.80. The minimum atomic E-state index is -3.47. The van der Waals surface area contributed by atoms with Crippen molar-refractivity contribution in [2.45, 2.75) is 17.4 Å². The minimum Gasteiger partial charge on any atom is -0.228 e. The third-order valence-corrected chi connectivity index (χ3v) is 5.46. The highest BCUT2D eigenvalue weighted by atomic mass is 35.5. The minimum absolute atomic E-state index is 0.0556. The fourth-order valence-electron chi connectivity index (χ4n) is 2.12. The molecule has 2 aromatic carbocycles. The summed E-state index contributed by atoms with van der Waals surface area (Å²) in [7, 11) is -3.47. The van der Waals surface area contributed by atoms with Gasteiger partial charge >= 0.3 is 0 Å². The lowest BCUT2D eigenvalue weighted by Crippen LogP contribution is -2.15. The summed E-state index contributed by atoms with van der Waals surface area (Å²) in [6.07, 6.45) is -0.0556. The molecule has 0 aliphatic rings. The maximum Gasteiger partial charge on any atom is 0.162 e. The van der Waals surface area contributed by atoms with E-state index in [0.29, 0.717) is 16.1 Å². The Morgan fingerprint density at radius 2 is 1.67 bits per heavy atom. The molecule has 2 aromatic rings. The zero-order valence-corrected chi connectivity index (χ0v) is 12.8. The standard InChI is InChI=1S/C16H14ClNO2S/c17-15-8-6-13(7-9-15)12-21(19,20)16(10-11-18)14-4-2-1-3-5-14/h1-9,16H,10,12H2. The Hall–Kier alpha value is -1.83. The molecule has 1 unspecified atom stereocenters. The molecular formula is C16H14ClNO2S. The first-order chi connectivity index (χ1) is 10.0. The highest BCUT2D eigenvalue weighted by molar-refractivity contribution is 7.90. The van der Waals surface area contributed by atoms with Crippen LogP contribution in [0.3, 0.4) is 0 Å². The van der Waals surface area contributed by atoms with Crippen LogP contribution in [0.2, 0.25) is 5.02 Å². The lowest BCUT2D eigenvalue weighted by Gasteiger charge is -2.15. The molecule has 0 aromatic heterocycles. The number of nitrogens with zero attached hydrogens (tertiary/aromatic N) is 1. The van der Waals surface area contributed by atoms with Gasteiger partial charge in [0.05, 0.1) is 23.5 Å². The van der Waals surface area contributed by atoms with Crippen LogP contribution < -0.4 is 0 Å². The van der Waals surface area contributed by atoms with Crippen LogP contribution in [0.5, 0.6) is 0 Å². The molecule has 0 heterocycles. The van der Waals surface area contributed by atoms with Gasteiger partial charge in [0.1, 0.15) is 0 Å². The number of hydrogen-bond acceptors (Lipinski definition) is 3. The van der Waals surface area contributed by atoms with E-state index in [0.717, 1.165) is 0 Å². The largest absolute Gasteiger partial charge is 0.228 e. The van der Waals surface area contributed by atoms with Gasteiger partial charge in [-0.25, -0.2) is 8.42 Å². The molecule has 1 atom stereocenters. The van der Waals surface area contributed by atoms with Gasteiger partial charge in [-0.05, 0) is 23.3 Å². The molecule has 0 aliphatic carbocycles. The summed E-state index contributed by atoms with van der Waals surface area (Å²) in [5.41, 5.74) is 1.31.